The second-order valence-corrected chi connectivity index (χ2v) is 1.12. The monoisotopic (exact) mass is 141 g/mol. The zero-order valence-corrected chi connectivity index (χ0v) is 4.88. The molecule has 0 aliphatic heterocycles. The molecule has 2 N–H and O–H groups in total. The molecular weight excluding hydrogens is 135 g/mol. The first-order valence-electron chi connectivity index (χ1n) is 1.68. The van der Waals surface area contributed by atoms with E-state index in [9.17, 15) is 0 Å². The maximum Gasteiger partial charge on any atom is 0.0662 e. The molecule has 6 heteroatoms. The molecule has 0 heterocycles. The van der Waals surface area contributed by atoms with E-state index in [0.29, 0.717) is 0 Å². The topological polar surface area (TPSA) is 110 Å². The van der Waals surface area contributed by atoms with Crippen LogP contribution in [0.25, 0.3) is 0 Å². The van der Waals surface area contributed by atoms with Crippen LogP contribution in [0.1, 0.15) is 0 Å². The van der Waals surface area contributed by atoms with Gasteiger partial charge in [0.25, 0.3) is 0 Å². The minimum absolute atomic E-state index is 0.125. The summed E-state index contributed by atoms with van der Waals surface area (Å²) in [5.74, 6) is 0. The van der Waals surface area contributed by atoms with Crippen molar-refractivity contribution in [1.82, 2.24) is 0 Å². The molecule has 0 radical (unpaired) electrons. The fourth-order valence-corrected chi connectivity index (χ4v) is 0. The molecule has 0 saturated heterocycles. The van der Waals surface area contributed by atoms with Crippen LogP contribution in [0.3, 0.4) is 0 Å². The highest BCUT2D eigenvalue weighted by Gasteiger charge is 1.58. The molecule has 0 unspecified atom stereocenters. The van der Waals surface area contributed by atoms with Crippen molar-refractivity contribution in [2.75, 3.05) is 13.2 Å². The van der Waals surface area contributed by atoms with E-state index in [2.05, 4.69) is 0 Å². The molecular formula is C2H6O5P-3. The molecule has 0 bridgehead atoms. The molecule has 0 spiro atoms. The van der Waals surface area contributed by atoms with Gasteiger partial charge in [0.1, 0.15) is 0 Å². The molecule has 0 fully saturated rings. The second kappa shape index (κ2) is 10.3. The maximum absolute atomic E-state index is 8.48. The molecule has 8 heavy (non-hydrogen) atoms. The predicted molar refractivity (Wildman–Crippen MR) is 21.1 cm³/mol. The lowest BCUT2D eigenvalue weighted by Gasteiger charge is -2.39. The third-order valence-electron chi connectivity index (χ3n) is 0.1000. The summed E-state index contributed by atoms with van der Waals surface area (Å²) >= 11 is 0. The first kappa shape index (κ1) is 11.1. The summed E-state index contributed by atoms with van der Waals surface area (Å²) in [4.78, 5) is 25.4. The fraction of sp³-hybridized carbons (Fsp3) is 1.00. The van der Waals surface area contributed by atoms with Gasteiger partial charge >= 0.3 is 0 Å². The first-order valence-corrected chi connectivity index (χ1v) is 2.78. The summed E-state index contributed by atoms with van der Waals surface area (Å²) in [6, 6.07) is 0. The Balaban J connectivity index is 0. The molecule has 0 aromatic rings. The second-order valence-electron chi connectivity index (χ2n) is 0.671. The van der Waals surface area contributed by atoms with Crippen LogP contribution in [-0.2, 0) is 0 Å². The van der Waals surface area contributed by atoms with Gasteiger partial charge in [0.15, 0.2) is 0 Å². The van der Waals surface area contributed by atoms with Crippen molar-refractivity contribution in [2.45, 2.75) is 0 Å². The van der Waals surface area contributed by atoms with E-state index in [1.54, 1.807) is 0 Å². The van der Waals surface area contributed by atoms with Crippen molar-refractivity contribution < 1.29 is 24.9 Å². The van der Waals surface area contributed by atoms with Crippen LogP contribution in [0, 0.1) is 0 Å². The predicted octanol–water partition coefficient (Wildman–Crippen LogP) is -3.73. The van der Waals surface area contributed by atoms with Gasteiger partial charge in [0.2, 0.25) is 0 Å². The minimum atomic E-state index is -3.37. The van der Waals surface area contributed by atoms with Gasteiger partial charge in [-0.2, -0.15) is 0 Å². The Labute approximate surface area is 47.8 Å². The number of aliphatic hydroxyl groups is 2. The summed E-state index contributed by atoms with van der Waals surface area (Å²) in [7, 11) is -3.37. The maximum atomic E-state index is 8.48. The van der Waals surface area contributed by atoms with E-state index >= 15 is 0 Å². The van der Waals surface area contributed by atoms with E-state index in [-0.39, 0.29) is 13.2 Å². The van der Waals surface area contributed by atoms with E-state index in [0.717, 1.165) is 0 Å². The van der Waals surface area contributed by atoms with Crippen LogP contribution in [-0.4, -0.2) is 23.4 Å². The molecule has 0 aliphatic rings. The third kappa shape index (κ3) is 113. The van der Waals surface area contributed by atoms with Crippen molar-refractivity contribution in [3.05, 3.63) is 0 Å². The van der Waals surface area contributed by atoms with Crippen LogP contribution in [0.15, 0.2) is 0 Å². The van der Waals surface area contributed by atoms with Crippen molar-refractivity contribution in [2.24, 2.45) is 0 Å². The minimum Gasteiger partial charge on any atom is -0.854 e. The number of hydrogen-bond donors (Lipinski definition) is 2. The van der Waals surface area contributed by atoms with Crippen LogP contribution >= 0.6 is 8.60 Å². The lowest BCUT2D eigenvalue weighted by molar-refractivity contribution is -0.407. The summed E-state index contributed by atoms with van der Waals surface area (Å²) < 4.78 is 0. The van der Waals surface area contributed by atoms with Gasteiger partial charge in [-0.05, 0) is 0 Å². The van der Waals surface area contributed by atoms with E-state index in [1.165, 1.54) is 0 Å². The molecule has 0 atom stereocenters. The van der Waals surface area contributed by atoms with Crippen molar-refractivity contribution in [1.29, 1.82) is 0 Å². The number of hydrogen-bond acceptors (Lipinski definition) is 5. The smallest absolute Gasteiger partial charge is 0.0662 e. The summed E-state index contributed by atoms with van der Waals surface area (Å²) in [6.45, 7) is -0.250. The van der Waals surface area contributed by atoms with Gasteiger partial charge in [-0.25, -0.2) is 0 Å². The van der Waals surface area contributed by atoms with Gasteiger partial charge in [0, 0.05) is 0 Å². The van der Waals surface area contributed by atoms with Crippen molar-refractivity contribution in [3.8, 4) is 0 Å². The van der Waals surface area contributed by atoms with E-state index in [4.69, 9.17) is 24.9 Å². The van der Waals surface area contributed by atoms with E-state index in [1.807, 2.05) is 0 Å². The Hall–Kier alpha value is 0.230. The summed E-state index contributed by atoms with van der Waals surface area (Å²) in [5, 5.41) is 15.2. The highest BCUT2D eigenvalue weighted by Crippen LogP contribution is 1.85. The summed E-state index contributed by atoms with van der Waals surface area (Å²) in [5.41, 5.74) is 0. The molecule has 0 rings (SSSR count). The average molecular weight is 141 g/mol. The molecule has 0 saturated carbocycles. The van der Waals surface area contributed by atoms with Crippen LogP contribution in [0.5, 0.6) is 0 Å². The molecule has 52 valence electrons. The van der Waals surface area contributed by atoms with E-state index < -0.39 is 8.60 Å². The Bertz CT molecular complexity index is 26.9. The molecule has 0 aliphatic carbocycles. The largest absolute Gasteiger partial charge is 0.854 e. The number of aliphatic hydroxyl groups excluding tert-OH is 2. The van der Waals surface area contributed by atoms with Crippen LogP contribution in [0.4, 0.5) is 0 Å². The van der Waals surface area contributed by atoms with Gasteiger partial charge < -0.3 is 33.5 Å². The molecule has 0 amide bonds. The van der Waals surface area contributed by atoms with Gasteiger partial charge in [-0.1, -0.05) is 0 Å². The Morgan fingerprint density at radius 3 is 1.12 bits per heavy atom. The zero-order chi connectivity index (χ0) is 6.99. The lowest BCUT2D eigenvalue weighted by atomic mass is 10.8. The average Bonchev–Trinajstić information content (AvgIpc) is 1.65. The molecule has 0 aromatic heterocycles. The van der Waals surface area contributed by atoms with Crippen LogP contribution in [0.2, 0.25) is 0 Å². The van der Waals surface area contributed by atoms with Crippen LogP contribution < -0.4 is 14.7 Å². The fourth-order valence-electron chi connectivity index (χ4n) is 0. The van der Waals surface area contributed by atoms with Gasteiger partial charge in [-0.15, -0.1) is 0 Å². The van der Waals surface area contributed by atoms with Gasteiger partial charge in [0.05, 0.1) is 13.2 Å². The third-order valence-corrected chi connectivity index (χ3v) is 0.1000. The SMILES string of the molecule is OCCO.[O-]P([O-])[O-]. The highest BCUT2D eigenvalue weighted by molar-refractivity contribution is 7.33. The Morgan fingerprint density at radius 1 is 1.00 bits per heavy atom. The summed E-state index contributed by atoms with van der Waals surface area (Å²) in [6.07, 6.45) is 0. The Morgan fingerprint density at radius 2 is 1.12 bits per heavy atom. The van der Waals surface area contributed by atoms with Crippen molar-refractivity contribution in [3.63, 3.8) is 0 Å². The standard InChI is InChI=1S/C2H6O2.O3P/c3-1-2-4;1-4(2)3/h3-4H,1-2H2;/q;-3. The first-order chi connectivity index (χ1) is 3.65. The zero-order valence-electron chi connectivity index (χ0n) is 3.98. The van der Waals surface area contributed by atoms with Crippen molar-refractivity contribution >= 4 is 8.60 Å². The lowest BCUT2D eigenvalue weighted by Crippen LogP contribution is -2.18. The Kier molecular flexibility index (Phi) is 14.2. The number of rotatable bonds is 1. The highest BCUT2D eigenvalue weighted by atomic mass is 31.2. The van der Waals surface area contributed by atoms with Gasteiger partial charge in [-0.3, -0.25) is 0 Å². The quantitative estimate of drug-likeness (QED) is 0.364. The molecule has 0 aromatic carbocycles. The normalized spacial score (nSPS) is 8.25. The molecule has 5 nitrogen and oxygen atoms in total.